The molecule has 0 amide bonds. The van der Waals surface area contributed by atoms with Crippen LogP contribution in [0.4, 0.5) is 0 Å². The number of hydrogen-bond acceptors (Lipinski definition) is 3. The Bertz CT molecular complexity index is 391. The Balaban J connectivity index is 1.86. The summed E-state index contributed by atoms with van der Waals surface area (Å²) >= 11 is 0. The fraction of sp³-hybridized carbons (Fsp3) is 0.933. The maximum absolute atomic E-state index is 5.66. The third-order valence-corrected chi connectivity index (χ3v) is 5.40. The molecule has 1 heterocycles. The summed E-state index contributed by atoms with van der Waals surface area (Å²) in [5, 5.41) is 6.93. The molecule has 5 heteroatoms. The van der Waals surface area contributed by atoms with Crippen molar-refractivity contribution in [2.75, 3.05) is 33.9 Å². The lowest BCUT2D eigenvalue weighted by molar-refractivity contribution is -0.176. The summed E-state index contributed by atoms with van der Waals surface area (Å²) in [7, 11) is 3.61. The lowest BCUT2D eigenvalue weighted by atomic mass is 9.56. The highest BCUT2D eigenvalue weighted by molar-refractivity contribution is 5.80. The van der Waals surface area contributed by atoms with Gasteiger partial charge < -0.3 is 20.1 Å². The topological polar surface area (TPSA) is 54.9 Å². The van der Waals surface area contributed by atoms with E-state index in [-0.39, 0.29) is 16.4 Å². The van der Waals surface area contributed by atoms with E-state index in [2.05, 4.69) is 43.3 Å². The zero-order valence-corrected chi connectivity index (χ0v) is 13.7. The summed E-state index contributed by atoms with van der Waals surface area (Å²) in [5.74, 6) is 0.870. The highest BCUT2D eigenvalue weighted by Gasteiger charge is 2.58. The normalized spacial score (nSPS) is 34.9. The molecule has 2 unspecified atom stereocenters. The summed E-state index contributed by atoms with van der Waals surface area (Å²) in [6.45, 7) is 11.4. The maximum Gasteiger partial charge on any atom is 0.191 e. The molecule has 0 aromatic heterocycles. The van der Waals surface area contributed by atoms with Crippen LogP contribution < -0.4 is 10.6 Å². The molecule has 2 fully saturated rings. The van der Waals surface area contributed by atoms with Gasteiger partial charge in [0.05, 0.1) is 18.8 Å². The summed E-state index contributed by atoms with van der Waals surface area (Å²) in [6, 6.07) is 0.379. The van der Waals surface area contributed by atoms with Crippen LogP contribution in [0.2, 0.25) is 0 Å². The van der Waals surface area contributed by atoms with E-state index in [1.807, 2.05) is 7.05 Å². The highest BCUT2D eigenvalue weighted by atomic mass is 16.5. The molecule has 20 heavy (non-hydrogen) atoms. The van der Waals surface area contributed by atoms with E-state index in [1.54, 1.807) is 7.11 Å². The van der Waals surface area contributed by atoms with Gasteiger partial charge in [0.25, 0.3) is 0 Å². The van der Waals surface area contributed by atoms with Crippen molar-refractivity contribution < 1.29 is 9.47 Å². The largest absolute Gasteiger partial charge is 0.380 e. The number of ether oxygens (including phenoxy) is 2. The fourth-order valence-electron chi connectivity index (χ4n) is 2.93. The number of nitrogens with one attached hydrogen (secondary N) is 2. The van der Waals surface area contributed by atoms with Crippen molar-refractivity contribution in [1.29, 1.82) is 0 Å². The lowest BCUT2D eigenvalue weighted by Gasteiger charge is -2.59. The van der Waals surface area contributed by atoms with Crippen LogP contribution in [0.5, 0.6) is 0 Å². The van der Waals surface area contributed by atoms with Crippen LogP contribution in [0.1, 0.15) is 34.1 Å². The van der Waals surface area contributed by atoms with Crippen molar-refractivity contribution in [1.82, 2.24) is 10.6 Å². The van der Waals surface area contributed by atoms with Crippen LogP contribution >= 0.6 is 0 Å². The molecule has 0 spiro atoms. The number of guanidine groups is 1. The highest BCUT2D eigenvalue weighted by Crippen LogP contribution is 2.51. The molecule has 1 saturated carbocycles. The van der Waals surface area contributed by atoms with Gasteiger partial charge in [-0.2, -0.15) is 0 Å². The van der Waals surface area contributed by atoms with E-state index in [0.717, 1.165) is 32.1 Å². The van der Waals surface area contributed by atoms with Crippen molar-refractivity contribution >= 4 is 5.96 Å². The Labute approximate surface area is 122 Å². The molecule has 2 aliphatic rings. The van der Waals surface area contributed by atoms with E-state index in [9.17, 15) is 0 Å². The molecule has 2 N–H and O–H groups in total. The van der Waals surface area contributed by atoms with Gasteiger partial charge in [-0.25, -0.2) is 0 Å². The molecule has 116 valence electrons. The fourth-order valence-corrected chi connectivity index (χ4v) is 2.93. The van der Waals surface area contributed by atoms with Gasteiger partial charge in [0.15, 0.2) is 5.96 Å². The summed E-state index contributed by atoms with van der Waals surface area (Å²) < 4.78 is 10.9. The van der Waals surface area contributed by atoms with Crippen molar-refractivity contribution in [3.8, 4) is 0 Å². The number of methoxy groups -OCH3 is 1. The first-order chi connectivity index (χ1) is 9.26. The second kappa shape index (κ2) is 5.19. The van der Waals surface area contributed by atoms with E-state index >= 15 is 0 Å². The first-order valence-electron chi connectivity index (χ1n) is 7.36. The SMILES string of the molecule is CN=C(NCC1(C)COC1)NC1CC(C)(OC)C1(C)C. The molecule has 2 rings (SSSR count). The van der Waals surface area contributed by atoms with Crippen LogP contribution in [0.15, 0.2) is 4.99 Å². The standard InChI is InChI=1S/C15H29N3O2/c1-13(2)11(7-15(13,4)19-6)18-12(16-5)17-8-14(3)9-20-10-14/h11H,7-10H2,1-6H3,(H2,16,17,18). The predicted molar refractivity (Wildman–Crippen MR) is 81.0 cm³/mol. The molecule has 0 radical (unpaired) electrons. The maximum atomic E-state index is 5.66. The third kappa shape index (κ3) is 2.53. The molecule has 1 saturated heterocycles. The minimum absolute atomic E-state index is 0.0582. The number of aliphatic imine (C=N–C) groups is 1. The minimum Gasteiger partial charge on any atom is -0.380 e. The van der Waals surface area contributed by atoms with Crippen molar-refractivity contribution in [3.05, 3.63) is 0 Å². The Morgan fingerprint density at radius 3 is 2.35 bits per heavy atom. The van der Waals surface area contributed by atoms with Crippen LogP contribution in [0.25, 0.3) is 0 Å². The molecule has 0 aromatic rings. The van der Waals surface area contributed by atoms with Crippen LogP contribution in [0, 0.1) is 10.8 Å². The van der Waals surface area contributed by atoms with E-state index in [0.29, 0.717) is 6.04 Å². The quantitative estimate of drug-likeness (QED) is 0.605. The van der Waals surface area contributed by atoms with Crippen molar-refractivity contribution in [2.24, 2.45) is 15.8 Å². The number of rotatable bonds is 4. The van der Waals surface area contributed by atoms with Gasteiger partial charge in [-0.3, -0.25) is 4.99 Å². The Morgan fingerprint density at radius 1 is 1.30 bits per heavy atom. The van der Waals surface area contributed by atoms with Gasteiger partial charge in [-0.15, -0.1) is 0 Å². The predicted octanol–water partition coefficient (Wildman–Crippen LogP) is 1.39. The van der Waals surface area contributed by atoms with Gasteiger partial charge >= 0.3 is 0 Å². The molecule has 0 aromatic carbocycles. The Kier molecular flexibility index (Phi) is 4.04. The molecule has 1 aliphatic carbocycles. The zero-order valence-electron chi connectivity index (χ0n) is 13.7. The second-order valence-electron chi connectivity index (χ2n) is 7.29. The van der Waals surface area contributed by atoms with Crippen LogP contribution in [-0.4, -0.2) is 51.5 Å². The number of hydrogen-bond donors (Lipinski definition) is 2. The van der Waals surface area contributed by atoms with E-state index in [1.165, 1.54) is 0 Å². The molecule has 2 atom stereocenters. The minimum atomic E-state index is -0.0582. The Hall–Kier alpha value is -0.810. The average molecular weight is 283 g/mol. The first kappa shape index (κ1) is 15.6. The monoisotopic (exact) mass is 283 g/mol. The van der Waals surface area contributed by atoms with Crippen LogP contribution in [-0.2, 0) is 9.47 Å². The summed E-state index contributed by atoms with van der Waals surface area (Å²) in [5.41, 5.74) is 0.272. The van der Waals surface area contributed by atoms with Gasteiger partial charge in [-0.1, -0.05) is 20.8 Å². The summed E-state index contributed by atoms with van der Waals surface area (Å²) in [4.78, 5) is 4.32. The average Bonchev–Trinajstić information content (AvgIpc) is 2.39. The third-order valence-electron chi connectivity index (χ3n) is 5.40. The lowest BCUT2D eigenvalue weighted by Crippen LogP contribution is -2.69. The smallest absolute Gasteiger partial charge is 0.191 e. The number of nitrogens with zero attached hydrogens (tertiary/aromatic N) is 1. The van der Waals surface area contributed by atoms with Gasteiger partial charge in [0.1, 0.15) is 0 Å². The van der Waals surface area contributed by atoms with Crippen LogP contribution in [0.3, 0.4) is 0 Å². The molecule has 5 nitrogen and oxygen atoms in total. The van der Waals surface area contributed by atoms with Gasteiger partial charge in [-0.05, 0) is 13.3 Å². The van der Waals surface area contributed by atoms with E-state index in [4.69, 9.17) is 9.47 Å². The molecular formula is C15H29N3O2. The second-order valence-corrected chi connectivity index (χ2v) is 7.29. The first-order valence-corrected chi connectivity index (χ1v) is 7.36. The van der Waals surface area contributed by atoms with E-state index < -0.39 is 0 Å². The Morgan fingerprint density at radius 2 is 1.95 bits per heavy atom. The zero-order chi connectivity index (χ0) is 15.0. The van der Waals surface area contributed by atoms with Crippen molar-refractivity contribution in [2.45, 2.75) is 45.8 Å². The summed E-state index contributed by atoms with van der Waals surface area (Å²) in [6.07, 6.45) is 0.998. The van der Waals surface area contributed by atoms with Gasteiger partial charge in [0, 0.05) is 37.6 Å². The molecular weight excluding hydrogens is 254 g/mol. The molecule has 1 aliphatic heterocycles. The molecule has 0 bridgehead atoms. The van der Waals surface area contributed by atoms with Crippen molar-refractivity contribution in [3.63, 3.8) is 0 Å². The van der Waals surface area contributed by atoms with Gasteiger partial charge in [0.2, 0.25) is 0 Å².